The molecule has 1 unspecified atom stereocenters. The SMILES string of the molecule is CONC(=O)C(NC(=O)c1c(F)cccc1F)C(C)C. The minimum atomic E-state index is -0.995. The van der Waals surface area contributed by atoms with Crippen molar-refractivity contribution in [2.75, 3.05) is 7.11 Å². The first-order valence-electron chi connectivity index (χ1n) is 5.96. The van der Waals surface area contributed by atoms with Crippen LogP contribution in [0.2, 0.25) is 0 Å². The maximum atomic E-state index is 13.5. The van der Waals surface area contributed by atoms with E-state index in [2.05, 4.69) is 15.6 Å². The minimum absolute atomic E-state index is 0.288. The third kappa shape index (κ3) is 3.74. The zero-order valence-corrected chi connectivity index (χ0v) is 11.4. The Labute approximate surface area is 115 Å². The molecule has 1 aromatic rings. The summed E-state index contributed by atoms with van der Waals surface area (Å²) in [6, 6.07) is 2.12. The van der Waals surface area contributed by atoms with Gasteiger partial charge >= 0.3 is 0 Å². The van der Waals surface area contributed by atoms with Gasteiger partial charge in [-0.2, -0.15) is 0 Å². The van der Waals surface area contributed by atoms with Crippen molar-refractivity contribution in [2.45, 2.75) is 19.9 Å². The molecule has 0 fully saturated rings. The lowest BCUT2D eigenvalue weighted by Crippen LogP contribution is -2.49. The average Bonchev–Trinajstić information content (AvgIpc) is 2.35. The molecule has 2 N–H and O–H groups in total. The van der Waals surface area contributed by atoms with Crippen molar-refractivity contribution in [3.8, 4) is 0 Å². The number of carbonyl (C=O) groups excluding carboxylic acids is 2. The molecular formula is C13H16F2N2O3. The normalized spacial score (nSPS) is 12.1. The van der Waals surface area contributed by atoms with Crippen LogP contribution in [0.3, 0.4) is 0 Å². The van der Waals surface area contributed by atoms with Gasteiger partial charge in [-0.25, -0.2) is 14.3 Å². The van der Waals surface area contributed by atoms with Gasteiger partial charge in [-0.3, -0.25) is 14.4 Å². The van der Waals surface area contributed by atoms with Gasteiger partial charge in [0.15, 0.2) is 0 Å². The Hall–Kier alpha value is -2.02. The summed E-state index contributed by atoms with van der Waals surface area (Å²) in [7, 11) is 1.24. The Morgan fingerprint density at radius 2 is 1.75 bits per heavy atom. The molecule has 0 aliphatic carbocycles. The Morgan fingerprint density at radius 1 is 1.20 bits per heavy atom. The van der Waals surface area contributed by atoms with Crippen LogP contribution in [0.15, 0.2) is 18.2 Å². The second-order valence-corrected chi connectivity index (χ2v) is 4.46. The van der Waals surface area contributed by atoms with Gasteiger partial charge in [0, 0.05) is 0 Å². The van der Waals surface area contributed by atoms with Crippen LogP contribution in [0.25, 0.3) is 0 Å². The molecule has 0 saturated heterocycles. The molecule has 5 nitrogen and oxygen atoms in total. The minimum Gasteiger partial charge on any atom is -0.340 e. The van der Waals surface area contributed by atoms with Gasteiger partial charge in [0.05, 0.1) is 7.11 Å². The van der Waals surface area contributed by atoms with E-state index in [0.717, 1.165) is 18.2 Å². The molecule has 0 heterocycles. The highest BCUT2D eigenvalue weighted by Crippen LogP contribution is 2.13. The molecular weight excluding hydrogens is 270 g/mol. The van der Waals surface area contributed by atoms with E-state index in [9.17, 15) is 18.4 Å². The second kappa shape index (κ2) is 6.95. The van der Waals surface area contributed by atoms with Gasteiger partial charge in [0.2, 0.25) is 0 Å². The molecule has 110 valence electrons. The third-order valence-electron chi connectivity index (χ3n) is 2.63. The van der Waals surface area contributed by atoms with Gasteiger partial charge in [-0.05, 0) is 18.1 Å². The van der Waals surface area contributed by atoms with E-state index in [-0.39, 0.29) is 5.92 Å². The van der Waals surface area contributed by atoms with Crippen molar-refractivity contribution in [2.24, 2.45) is 5.92 Å². The number of amides is 2. The molecule has 0 spiro atoms. The largest absolute Gasteiger partial charge is 0.340 e. The number of carbonyl (C=O) groups is 2. The summed E-state index contributed by atoms with van der Waals surface area (Å²) in [6.45, 7) is 3.36. The quantitative estimate of drug-likeness (QED) is 0.804. The lowest BCUT2D eigenvalue weighted by molar-refractivity contribution is -0.134. The molecule has 1 aromatic carbocycles. The van der Waals surface area contributed by atoms with Gasteiger partial charge in [0.1, 0.15) is 23.2 Å². The fourth-order valence-electron chi connectivity index (χ4n) is 1.63. The van der Waals surface area contributed by atoms with E-state index in [0.29, 0.717) is 0 Å². The first kappa shape index (κ1) is 16.0. The van der Waals surface area contributed by atoms with Crippen molar-refractivity contribution in [1.29, 1.82) is 0 Å². The summed E-state index contributed by atoms with van der Waals surface area (Å²) in [5, 5.41) is 2.29. The predicted molar refractivity (Wildman–Crippen MR) is 67.6 cm³/mol. The van der Waals surface area contributed by atoms with Gasteiger partial charge in [-0.15, -0.1) is 0 Å². The monoisotopic (exact) mass is 286 g/mol. The predicted octanol–water partition coefficient (Wildman–Crippen LogP) is 1.40. The molecule has 0 aliphatic rings. The number of nitrogens with one attached hydrogen (secondary N) is 2. The van der Waals surface area contributed by atoms with Crippen LogP contribution in [-0.2, 0) is 9.63 Å². The van der Waals surface area contributed by atoms with Crippen molar-refractivity contribution < 1.29 is 23.2 Å². The summed E-state index contributed by atoms with van der Waals surface area (Å²) in [6.07, 6.45) is 0. The average molecular weight is 286 g/mol. The van der Waals surface area contributed by atoms with E-state index < -0.39 is 35.1 Å². The summed E-state index contributed by atoms with van der Waals surface area (Å²) >= 11 is 0. The van der Waals surface area contributed by atoms with E-state index >= 15 is 0 Å². The first-order chi connectivity index (χ1) is 9.38. The summed E-state index contributed by atoms with van der Waals surface area (Å²) in [5.41, 5.74) is 1.35. The van der Waals surface area contributed by atoms with Gasteiger partial charge < -0.3 is 5.32 Å². The van der Waals surface area contributed by atoms with Crippen LogP contribution in [0.4, 0.5) is 8.78 Å². The van der Waals surface area contributed by atoms with Crippen LogP contribution in [0, 0.1) is 17.6 Å². The molecule has 0 saturated carbocycles. The van der Waals surface area contributed by atoms with Crippen molar-refractivity contribution in [3.05, 3.63) is 35.4 Å². The second-order valence-electron chi connectivity index (χ2n) is 4.46. The number of rotatable bonds is 5. The standard InChI is InChI=1S/C13H16F2N2O3/c1-7(2)11(13(19)17-20-3)16-12(18)10-8(14)5-4-6-9(10)15/h4-7,11H,1-3H3,(H,16,18)(H,17,19). The number of hydrogen-bond donors (Lipinski definition) is 2. The maximum Gasteiger partial charge on any atom is 0.266 e. The summed E-state index contributed by atoms with van der Waals surface area (Å²) < 4.78 is 27.0. The number of benzene rings is 1. The van der Waals surface area contributed by atoms with Crippen molar-refractivity contribution in [3.63, 3.8) is 0 Å². The zero-order valence-electron chi connectivity index (χ0n) is 11.4. The highest BCUT2D eigenvalue weighted by atomic mass is 19.1. The number of hydrogen-bond acceptors (Lipinski definition) is 3. The number of hydroxylamine groups is 1. The van der Waals surface area contributed by atoms with Gasteiger partial charge in [0.25, 0.3) is 11.8 Å². The molecule has 2 amide bonds. The molecule has 0 aliphatic heterocycles. The third-order valence-corrected chi connectivity index (χ3v) is 2.63. The van der Waals surface area contributed by atoms with E-state index in [4.69, 9.17) is 0 Å². The molecule has 0 aromatic heterocycles. The van der Waals surface area contributed by atoms with E-state index in [1.165, 1.54) is 7.11 Å². The highest BCUT2D eigenvalue weighted by molar-refractivity contribution is 5.97. The first-order valence-corrected chi connectivity index (χ1v) is 5.96. The maximum absolute atomic E-state index is 13.5. The molecule has 0 radical (unpaired) electrons. The topological polar surface area (TPSA) is 67.4 Å². The molecule has 20 heavy (non-hydrogen) atoms. The van der Waals surface area contributed by atoms with Crippen LogP contribution in [0.1, 0.15) is 24.2 Å². The Kier molecular flexibility index (Phi) is 5.57. The van der Waals surface area contributed by atoms with Crippen LogP contribution in [-0.4, -0.2) is 25.0 Å². The van der Waals surface area contributed by atoms with Crippen molar-refractivity contribution in [1.82, 2.24) is 10.8 Å². The van der Waals surface area contributed by atoms with Crippen LogP contribution >= 0.6 is 0 Å². The molecule has 1 atom stereocenters. The van der Waals surface area contributed by atoms with Crippen LogP contribution < -0.4 is 10.8 Å². The van der Waals surface area contributed by atoms with Crippen molar-refractivity contribution >= 4 is 11.8 Å². The highest BCUT2D eigenvalue weighted by Gasteiger charge is 2.27. The fraction of sp³-hybridized carbons (Fsp3) is 0.385. The van der Waals surface area contributed by atoms with Gasteiger partial charge in [-0.1, -0.05) is 19.9 Å². The van der Waals surface area contributed by atoms with E-state index in [1.54, 1.807) is 13.8 Å². The Bertz CT molecular complexity index is 486. The Morgan fingerprint density at radius 3 is 2.20 bits per heavy atom. The molecule has 7 heteroatoms. The molecule has 1 rings (SSSR count). The van der Waals surface area contributed by atoms with Crippen LogP contribution in [0.5, 0.6) is 0 Å². The number of halogens is 2. The lowest BCUT2D eigenvalue weighted by Gasteiger charge is -2.21. The summed E-state index contributed by atoms with van der Waals surface area (Å²) in [5.74, 6) is -3.86. The van der Waals surface area contributed by atoms with E-state index in [1.807, 2.05) is 0 Å². The Balaban J connectivity index is 2.94. The molecule has 0 bridgehead atoms. The lowest BCUT2D eigenvalue weighted by atomic mass is 10.0. The smallest absolute Gasteiger partial charge is 0.266 e. The summed E-state index contributed by atoms with van der Waals surface area (Å²) in [4.78, 5) is 28.1. The zero-order chi connectivity index (χ0) is 15.3. The fourth-order valence-corrected chi connectivity index (χ4v) is 1.63.